The minimum atomic E-state index is -0.636. The van der Waals surface area contributed by atoms with Gasteiger partial charge in [-0.05, 0) is 44.4 Å². The molecular weight excluding hydrogens is 242 g/mol. The van der Waals surface area contributed by atoms with Crippen LogP contribution in [0.1, 0.15) is 57.8 Å². The zero-order valence-electron chi connectivity index (χ0n) is 12.0. The average molecular weight is 269 g/mol. The van der Waals surface area contributed by atoms with Crippen LogP contribution in [0.15, 0.2) is 0 Å². The number of ether oxygens (including phenoxy) is 1. The molecule has 0 aromatic rings. The van der Waals surface area contributed by atoms with Crippen LogP contribution in [0.5, 0.6) is 0 Å². The van der Waals surface area contributed by atoms with Crippen molar-refractivity contribution in [2.45, 2.75) is 69.5 Å². The molecule has 2 aliphatic rings. The highest BCUT2D eigenvalue weighted by atomic mass is 16.5. The molecule has 2 fully saturated rings. The summed E-state index contributed by atoms with van der Waals surface area (Å²) in [6.45, 7) is 0.430. The van der Waals surface area contributed by atoms with Gasteiger partial charge in [0.25, 0.3) is 0 Å². The van der Waals surface area contributed by atoms with Gasteiger partial charge >= 0.3 is 0 Å². The Hall–Kier alpha value is -0.610. The second-order valence-electron chi connectivity index (χ2n) is 6.29. The van der Waals surface area contributed by atoms with Crippen LogP contribution in [-0.4, -0.2) is 36.4 Å². The second kappa shape index (κ2) is 6.71. The minimum Gasteiger partial charge on any atom is -0.388 e. The molecule has 0 saturated heterocycles. The van der Waals surface area contributed by atoms with E-state index < -0.39 is 5.60 Å². The first kappa shape index (κ1) is 14.8. The highest BCUT2D eigenvalue weighted by Gasteiger charge is 2.31. The molecule has 0 bridgehead atoms. The Kier molecular flexibility index (Phi) is 5.22. The molecule has 0 aromatic carbocycles. The first-order valence-electron chi connectivity index (χ1n) is 7.63. The molecule has 2 N–H and O–H groups in total. The Balaban J connectivity index is 1.64. The van der Waals surface area contributed by atoms with Gasteiger partial charge in [-0.2, -0.15) is 0 Å². The molecule has 0 unspecified atom stereocenters. The van der Waals surface area contributed by atoms with E-state index in [9.17, 15) is 9.90 Å². The van der Waals surface area contributed by atoms with Crippen LogP contribution >= 0.6 is 0 Å². The quantitative estimate of drug-likeness (QED) is 0.802. The molecule has 0 aromatic heterocycles. The number of nitrogens with one attached hydrogen (secondary N) is 1. The first-order chi connectivity index (χ1) is 9.11. The summed E-state index contributed by atoms with van der Waals surface area (Å²) in [5.41, 5.74) is -0.636. The molecule has 110 valence electrons. The van der Waals surface area contributed by atoms with Crippen molar-refractivity contribution < 1.29 is 14.6 Å². The number of methoxy groups -OCH3 is 1. The smallest absolute Gasteiger partial charge is 0.220 e. The van der Waals surface area contributed by atoms with Gasteiger partial charge < -0.3 is 15.2 Å². The molecule has 2 aliphatic carbocycles. The number of hydrogen-bond acceptors (Lipinski definition) is 3. The van der Waals surface area contributed by atoms with Crippen LogP contribution in [0, 0.1) is 5.92 Å². The van der Waals surface area contributed by atoms with Crippen molar-refractivity contribution >= 4 is 5.91 Å². The van der Waals surface area contributed by atoms with Crippen molar-refractivity contribution in [3.05, 3.63) is 0 Å². The predicted octanol–water partition coefficient (Wildman–Crippen LogP) is 2.00. The Morgan fingerprint density at radius 1 is 1.26 bits per heavy atom. The summed E-state index contributed by atoms with van der Waals surface area (Å²) in [7, 11) is 1.76. The van der Waals surface area contributed by atoms with Crippen molar-refractivity contribution in [1.29, 1.82) is 0 Å². The number of aliphatic hydroxyl groups is 1. The summed E-state index contributed by atoms with van der Waals surface area (Å²) < 4.78 is 5.34. The van der Waals surface area contributed by atoms with Gasteiger partial charge in [0.1, 0.15) is 0 Å². The third-order valence-corrected chi connectivity index (χ3v) is 4.75. The highest BCUT2D eigenvalue weighted by Crippen LogP contribution is 2.30. The third-order valence-electron chi connectivity index (χ3n) is 4.75. The monoisotopic (exact) mass is 269 g/mol. The molecule has 0 spiro atoms. The lowest BCUT2D eigenvalue weighted by atomic mass is 9.85. The lowest BCUT2D eigenvalue weighted by Gasteiger charge is -2.28. The molecule has 4 nitrogen and oxygen atoms in total. The van der Waals surface area contributed by atoms with E-state index in [-0.39, 0.29) is 5.91 Å². The Labute approximate surface area is 115 Å². The van der Waals surface area contributed by atoms with Gasteiger partial charge in [-0.15, -0.1) is 0 Å². The number of hydrogen-bond donors (Lipinski definition) is 2. The molecule has 4 heteroatoms. The minimum absolute atomic E-state index is 0.0983. The molecule has 2 rings (SSSR count). The van der Waals surface area contributed by atoms with Gasteiger partial charge in [-0.3, -0.25) is 4.79 Å². The van der Waals surface area contributed by atoms with E-state index in [0.29, 0.717) is 25.0 Å². The summed E-state index contributed by atoms with van der Waals surface area (Å²) in [5.74, 6) is 0.589. The maximum Gasteiger partial charge on any atom is 0.220 e. The lowest BCUT2D eigenvalue weighted by molar-refractivity contribution is -0.123. The lowest BCUT2D eigenvalue weighted by Crippen LogP contribution is -2.41. The fourth-order valence-electron chi connectivity index (χ4n) is 3.38. The largest absolute Gasteiger partial charge is 0.388 e. The number of amides is 1. The molecule has 19 heavy (non-hydrogen) atoms. The second-order valence-corrected chi connectivity index (χ2v) is 6.29. The van der Waals surface area contributed by atoms with E-state index in [1.807, 2.05) is 0 Å². The molecule has 0 radical (unpaired) electrons. The predicted molar refractivity (Wildman–Crippen MR) is 73.8 cm³/mol. The van der Waals surface area contributed by atoms with Gasteiger partial charge in [0.2, 0.25) is 5.91 Å². The van der Waals surface area contributed by atoms with Gasteiger partial charge in [-0.1, -0.05) is 12.8 Å². The molecule has 0 aliphatic heterocycles. The molecule has 0 atom stereocenters. The van der Waals surface area contributed by atoms with Crippen molar-refractivity contribution in [3.8, 4) is 0 Å². The van der Waals surface area contributed by atoms with Gasteiger partial charge in [0.15, 0.2) is 0 Å². The Morgan fingerprint density at radius 2 is 1.89 bits per heavy atom. The fraction of sp³-hybridized carbons (Fsp3) is 0.933. The zero-order valence-corrected chi connectivity index (χ0v) is 12.0. The summed E-state index contributed by atoms with van der Waals surface area (Å²) >= 11 is 0. The van der Waals surface area contributed by atoms with Crippen molar-refractivity contribution in [3.63, 3.8) is 0 Å². The zero-order chi connectivity index (χ0) is 13.7. The van der Waals surface area contributed by atoms with Crippen molar-refractivity contribution in [2.24, 2.45) is 5.92 Å². The maximum atomic E-state index is 11.9. The van der Waals surface area contributed by atoms with Crippen molar-refractivity contribution in [1.82, 2.24) is 5.32 Å². The average Bonchev–Trinajstić information content (AvgIpc) is 2.85. The fourth-order valence-corrected chi connectivity index (χ4v) is 3.38. The summed E-state index contributed by atoms with van der Waals surface area (Å²) in [6.07, 6.45) is 9.09. The van der Waals surface area contributed by atoms with Crippen LogP contribution in [0.25, 0.3) is 0 Å². The summed E-state index contributed by atoms with van der Waals surface area (Å²) in [4.78, 5) is 11.9. The molecule has 2 saturated carbocycles. The Bertz CT molecular complexity index is 292. The van der Waals surface area contributed by atoms with Gasteiger partial charge in [-0.25, -0.2) is 0 Å². The highest BCUT2D eigenvalue weighted by molar-refractivity contribution is 5.76. The number of carbonyl (C=O) groups excluding carboxylic acids is 1. The van der Waals surface area contributed by atoms with E-state index in [0.717, 1.165) is 51.4 Å². The van der Waals surface area contributed by atoms with Crippen LogP contribution in [0.3, 0.4) is 0 Å². The van der Waals surface area contributed by atoms with E-state index in [1.165, 1.54) is 0 Å². The van der Waals surface area contributed by atoms with Crippen LogP contribution in [0.4, 0.5) is 0 Å². The van der Waals surface area contributed by atoms with E-state index >= 15 is 0 Å². The normalized spacial score (nSPS) is 30.2. The van der Waals surface area contributed by atoms with E-state index in [4.69, 9.17) is 4.74 Å². The summed E-state index contributed by atoms with van der Waals surface area (Å²) in [5, 5.41) is 13.1. The van der Waals surface area contributed by atoms with Crippen LogP contribution in [-0.2, 0) is 9.53 Å². The van der Waals surface area contributed by atoms with E-state index in [2.05, 4.69) is 5.32 Å². The van der Waals surface area contributed by atoms with Gasteiger partial charge in [0.05, 0.1) is 11.7 Å². The summed E-state index contributed by atoms with van der Waals surface area (Å²) in [6, 6.07) is 0. The first-order valence-corrected chi connectivity index (χ1v) is 7.63. The number of carbonyl (C=O) groups is 1. The molecular formula is C15H27NO3. The number of rotatable bonds is 5. The topological polar surface area (TPSA) is 58.6 Å². The van der Waals surface area contributed by atoms with Crippen LogP contribution < -0.4 is 5.32 Å². The van der Waals surface area contributed by atoms with Crippen LogP contribution in [0.2, 0.25) is 0 Å². The SMILES string of the molecule is COC1CCC(CC(=O)NCC2(O)CCCC2)CC1. The maximum absolute atomic E-state index is 11.9. The van der Waals surface area contributed by atoms with Gasteiger partial charge in [0, 0.05) is 20.1 Å². The molecule has 1 amide bonds. The Morgan fingerprint density at radius 3 is 2.47 bits per heavy atom. The third kappa shape index (κ3) is 4.46. The van der Waals surface area contributed by atoms with Crippen molar-refractivity contribution in [2.75, 3.05) is 13.7 Å². The molecule has 0 heterocycles. The van der Waals surface area contributed by atoms with E-state index in [1.54, 1.807) is 7.11 Å². The standard InChI is InChI=1S/C15H27NO3/c1-19-13-6-4-12(5-7-13)10-14(17)16-11-15(18)8-2-3-9-15/h12-13,18H,2-11H2,1H3,(H,16,17).